The van der Waals surface area contributed by atoms with Gasteiger partial charge in [-0.25, -0.2) is 23.2 Å². The zero-order valence-corrected chi connectivity index (χ0v) is 56.5. The number of carbonyl (C=O) groups is 6. The van der Waals surface area contributed by atoms with Gasteiger partial charge in [0.05, 0.1) is 84.1 Å². The van der Waals surface area contributed by atoms with E-state index < -0.39 is 78.5 Å². The Labute approximate surface area is 608 Å². The largest absolute Gasteiger partial charge is 0.491 e. The van der Waals surface area contributed by atoms with Gasteiger partial charge in [-0.05, 0) is 206 Å². The average molecular weight is 1430 g/mol. The monoisotopic (exact) mass is 1420 g/mol. The Morgan fingerprint density at radius 2 is 0.642 bits per heavy atom. The highest BCUT2D eigenvalue weighted by Crippen LogP contribution is 2.33. The summed E-state index contributed by atoms with van der Waals surface area (Å²) in [5.41, 5.74) is 3.61. The lowest BCUT2D eigenvalue weighted by Crippen LogP contribution is -2.34. The van der Waals surface area contributed by atoms with Crippen LogP contribution in [0, 0.1) is 86.1 Å². The lowest BCUT2D eigenvalue weighted by atomic mass is 9.80. The van der Waals surface area contributed by atoms with E-state index in [9.17, 15) is 42.8 Å². The van der Waals surface area contributed by atoms with E-state index in [0.717, 1.165) is 23.3 Å². The molecule has 106 heavy (non-hydrogen) atoms. The third-order valence-electron chi connectivity index (χ3n) is 15.4. The van der Waals surface area contributed by atoms with Crippen molar-refractivity contribution in [3.8, 4) is 93.6 Å². The van der Waals surface area contributed by atoms with Crippen molar-refractivity contribution in [2.75, 3.05) is 66.1 Å². The minimum absolute atomic E-state index is 0.0574. The van der Waals surface area contributed by atoms with Crippen molar-refractivity contribution in [3.63, 3.8) is 0 Å². The van der Waals surface area contributed by atoms with Gasteiger partial charge < -0.3 is 52.1 Å². The molecule has 0 aliphatic carbocycles. The molecule has 0 amide bonds. The van der Waals surface area contributed by atoms with Crippen LogP contribution in [-0.4, -0.2) is 102 Å². The summed E-state index contributed by atoms with van der Waals surface area (Å²) in [6.07, 6.45) is -1.70. The number of halogens is 2. The molecular formula is C83H62F2N4O17. The highest BCUT2D eigenvalue weighted by molar-refractivity contribution is 5.92. The highest BCUT2D eigenvalue weighted by Gasteiger charge is 2.41. The summed E-state index contributed by atoms with van der Waals surface area (Å²) in [5.74, 6) is 5.76. The Balaban J connectivity index is 0.688. The van der Waals surface area contributed by atoms with Crippen LogP contribution in [0.2, 0.25) is 0 Å². The predicted octanol–water partition coefficient (Wildman–Crippen LogP) is 13.0. The third-order valence-corrected chi connectivity index (χ3v) is 15.4. The maximum Gasteiger partial charge on any atom is 0.343 e. The highest BCUT2D eigenvalue weighted by atomic mass is 19.1. The van der Waals surface area contributed by atoms with Crippen LogP contribution in [0.3, 0.4) is 0 Å². The first-order chi connectivity index (χ1) is 51.6. The van der Waals surface area contributed by atoms with Crippen molar-refractivity contribution in [1.29, 1.82) is 21.0 Å². The van der Waals surface area contributed by atoms with Crippen molar-refractivity contribution >= 4 is 35.8 Å². The smallest absolute Gasteiger partial charge is 0.343 e. The molecule has 0 aliphatic rings. The van der Waals surface area contributed by atoms with Crippen LogP contribution >= 0.6 is 0 Å². The molecule has 0 unspecified atom stereocenters. The molecule has 9 rings (SSSR count). The van der Waals surface area contributed by atoms with Crippen LogP contribution < -0.4 is 28.4 Å². The number of carbonyl (C=O) groups excluding carboxylic acids is 6. The van der Waals surface area contributed by atoms with Crippen LogP contribution in [-0.2, 0) is 38.1 Å². The van der Waals surface area contributed by atoms with Crippen LogP contribution in [0.5, 0.6) is 34.5 Å². The second-order valence-corrected chi connectivity index (χ2v) is 22.7. The molecule has 0 heterocycles. The lowest BCUT2D eigenvalue weighted by molar-refractivity contribution is -0.156. The Morgan fingerprint density at radius 3 is 1.02 bits per heavy atom. The molecule has 0 radical (unpaired) electrons. The van der Waals surface area contributed by atoms with Crippen molar-refractivity contribution < 1.29 is 89.7 Å². The number of benzene rings is 9. The fourth-order valence-corrected chi connectivity index (χ4v) is 9.63. The van der Waals surface area contributed by atoms with Gasteiger partial charge >= 0.3 is 35.8 Å². The van der Waals surface area contributed by atoms with E-state index >= 15 is 0 Å². The molecular weight excluding hydrogens is 1360 g/mol. The molecule has 0 aliphatic heterocycles. The first-order valence-electron chi connectivity index (χ1n) is 32.7. The molecule has 530 valence electrons. The molecule has 0 fully saturated rings. The Kier molecular flexibility index (Phi) is 28.3. The van der Waals surface area contributed by atoms with E-state index in [0.29, 0.717) is 61.9 Å². The van der Waals surface area contributed by atoms with Gasteiger partial charge in [0.15, 0.2) is 28.5 Å². The van der Waals surface area contributed by atoms with Gasteiger partial charge in [0, 0.05) is 35.1 Å². The van der Waals surface area contributed by atoms with E-state index in [1.165, 1.54) is 97.1 Å². The van der Waals surface area contributed by atoms with Crippen LogP contribution in [0.25, 0.3) is 11.1 Å². The first kappa shape index (κ1) is 76.2. The van der Waals surface area contributed by atoms with Crippen molar-refractivity contribution in [3.05, 3.63) is 274 Å². The molecule has 9 aromatic rings. The van der Waals surface area contributed by atoms with Crippen LogP contribution in [0.4, 0.5) is 8.78 Å². The molecule has 0 saturated carbocycles. The standard InChI is InChI=1S/C83H62F2N4O17/c84-73-51-59(7-1-57-3-9-61(53-86)10-4-57)15-35-75(73)105-80(93)67-23-29-69(30-24-67)98-45-41-96-43-47-101-77(90)37-39-83(56-89,82(95)103-50-49-100-71-27-21-66(22-28-71)79(92)104-72-33-19-65(20-34-72)64-17-13-63(55-88)14-18-64)40-38-78(91)102-48-44-97-42-46-99-70-31-25-68(26-32-70)81(94)106-76-36-16-60(52-74(76)85)8-2-58-5-11-62(54-87)12-6-58/h3-6,9-36,51-52H,37-50H2. The van der Waals surface area contributed by atoms with Crippen molar-refractivity contribution in [2.45, 2.75) is 25.7 Å². The van der Waals surface area contributed by atoms with E-state index in [1.54, 1.807) is 84.9 Å². The quantitative estimate of drug-likeness (QED) is 0.0124. The zero-order chi connectivity index (χ0) is 74.9. The molecule has 23 heteroatoms. The third kappa shape index (κ3) is 23.6. The summed E-state index contributed by atoms with van der Waals surface area (Å²) < 4.78 is 90.3. The molecule has 0 saturated heterocycles. The summed E-state index contributed by atoms with van der Waals surface area (Å²) in [6, 6.07) is 60.8. The van der Waals surface area contributed by atoms with Gasteiger partial charge in [0.1, 0.15) is 62.6 Å². The van der Waals surface area contributed by atoms with Gasteiger partial charge in [-0.1, -0.05) is 47.9 Å². The summed E-state index contributed by atoms with van der Waals surface area (Å²) in [6.45, 7) is -0.853. The number of ether oxygens (including phenoxy) is 11. The predicted molar refractivity (Wildman–Crippen MR) is 375 cm³/mol. The normalized spacial score (nSPS) is 10.4. The Hall–Kier alpha value is -13.9. The van der Waals surface area contributed by atoms with Gasteiger partial charge in [-0.15, -0.1) is 0 Å². The number of nitrogens with zero attached hydrogens (tertiary/aromatic N) is 4. The molecule has 0 atom stereocenters. The van der Waals surface area contributed by atoms with E-state index in [2.05, 4.69) is 29.8 Å². The Morgan fingerprint density at radius 1 is 0.330 bits per heavy atom. The molecule has 0 spiro atoms. The van der Waals surface area contributed by atoms with Crippen LogP contribution in [0.15, 0.2) is 206 Å². The Bertz CT molecular complexity index is 4680. The fourth-order valence-electron chi connectivity index (χ4n) is 9.63. The average Bonchev–Trinajstić information content (AvgIpc) is 0.846. The minimum atomic E-state index is -2.03. The molecule has 0 bridgehead atoms. The van der Waals surface area contributed by atoms with Gasteiger partial charge in [0.2, 0.25) is 0 Å². The van der Waals surface area contributed by atoms with Gasteiger partial charge in [0.25, 0.3) is 0 Å². The first-order valence-corrected chi connectivity index (χ1v) is 32.7. The fraction of sp³-hybridized carbons (Fsp3) is 0.181. The van der Waals surface area contributed by atoms with E-state index in [4.69, 9.17) is 67.9 Å². The molecule has 9 aromatic carbocycles. The minimum Gasteiger partial charge on any atom is -0.491 e. The van der Waals surface area contributed by atoms with Gasteiger partial charge in [-0.3, -0.25) is 14.4 Å². The number of hydrogen-bond donors (Lipinski definition) is 0. The second kappa shape index (κ2) is 39.3. The molecule has 0 aromatic heterocycles. The molecule has 0 N–H and O–H groups in total. The van der Waals surface area contributed by atoms with E-state index in [-0.39, 0.29) is 94.3 Å². The maximum absolute atomic E-state index is 14.9. The lowest BCUT2D eigenvalue weighted by Gasteiger charge is -2.24. The second-order valence-electron chi connectivity index (χ2n) is 22.7. The molecule has 21 nitrogen and oxygen atoms in total. The van der Waals surface area contributed by atoms with Gasteiger partial charge in [-0.2, -0.15) is 21.0 Å². The summed E-state index contributed by atoms with van der Waals surface area (Å²) in [5, 5.41) is 37.6. The van der Waals surface area contributed by atoms with E-state index in [1.807, 2.05) is 30.3 Å². The number of esters is 6. The zero-order valence-electron chi connectivity index (χ0n) is 56.5. The number of rotatable bonds is 32. The van der Waals surface area contributed by atoms with Crippen LogP contribution in [0.1, 0.15) is 95.7 Å². The summed E-state index contributed by atoms with van der Waals surface area (Å²) >= 11 is 0. The van der Waals surface area contributed by atoms with Crippen molar-refractivity contribution in [1.82, 2.24) is 0 Å². The summed E-state index contributed by atoms with van der Waals surface area (Å²) in [4.78, 5) is 78.6. The maximum atomic E-state index is 14.9. The number of nitriles is 4. The number of hydrogen-bond acceptors (Lipinski definition) is 21. The SMILES string of the molecule is N#Cc1ccc(C#Cc2ccc(OC(=O)c3ccc(OCCOCCOC(=O)CCC(C#N)(CCC(=O)OCCOCCOc4ccc(C(=O)Oc5ccc(C#Cc6ccc(C#N)cc6)cc5F)cc4)C(=O)OCCOc4ccc(C(=O)Oc5ccc(-c6ccc(C#N)cc6)cc5)cc4)cc3)c(F)c2)cc1. The summed E-state index contributed by atoms with van der Waals surface area (Å²) in [7, 11) is 0. The topological polar surface area (TPSA) is 299 Å². The van der Waals surface area contributed by atoms with Crippen molar-refractivity contribution in [2.24, 2.45) is 5.41 Å².